The van der Waals surface area contributed by atoms with E-state index in [1.807, 2.05) is 19.9 Å². The first-order chi connectivity index (χ1) is 12.5. The minimum Gasteiger partial charge on any atom is -0.459 e. The van der Waals surface area contributed by atoms with Crippen molar-refractivity contribution < 1.29 is 9.21 Å². The van der Waals surface area contributed by atoms with Crippen LogP contribution in [0.4, 0.5) is 11.5 Å². The lowest BCUT2D eigenvalue weighted by Crippen LogP contribution is -2.11. The van der Waals surface area contributed by atoms with Crippen molar-refractivity contribution in [3.05, 3.63) is 75.8 Å². The topological polar surface area (TPSA) is 67.5 Å². The van der Waals surface area contributed by atoms with Crippen LogP contribution in [-0.4, -0.2) is 16.6 Å². The van der Waals surface area contributed by atoms with Crippen molar-refractivity contribution in [2.45, 2.75) is 20.3 Å². The Hall–Kier alpha value is -2.92. The lowest BCUT2D eigenvalue weighted by Gasteiger charge is -2.08. The minimum absolute atomic E-state index is 0.252. The summed E-state index contributed by atoms with van der Waals surface area (Å²) in [5.74, 6) is 0.680. The van der Waals surface area contributed by atoms with Gasteiger partial charge in [-0.3, -0.25) is 4.79 Å². The second-order valence-electron chi connectivity index (χ2n) is 6.23. The molecule has 1 N–H and O–H groups in total. The largest absolute Gasteiger partial charge is 0.459 e. The molecule has 5 nitrogen and oxygen atoms in total. The monoisotopic (exact) mass is 365 g/mol. The maximum atomic E-state index is 12.2. The van der Waals surface area contributed by atoms with E-state index in [-0.39, 0.29) is 11.7 Å². The third kappa shape index (κ3) is 3.02. The molecule has 1 aromatic carbocycles. The van der Waals surface area contributed by atoms with Gasteiger partial charge in [-0.2, -0.15) is 0 Å². The molecule has 4 rings (SSSR count). The van der Waals surface area contributed by atoms with Gasteiger partial charge in [-0.05, 0) is 49.7 Å². The molecule has 1 aliphatic rings. The number of anilines is 1. The molecule has 0 radical (unpaired) electrons. The van der Waals surface area contributed by atoms with E-state index >= 15 is 0 Å². The number of nitrogens with zero attached hydrogens (tertiary/aromatic N) is 2. The van der Waals surface area contributed by atoms with Crippen LogP contribution in [0.25, 0.3) is 0 Å². The average Bonchev–Trinajstić information content (AvgIpc) is 3.27. The van der Waals surface area contributed by atoms with E-state index in [9.17, 15) is 4.79 Å². The molecule has 1 aliphatic heterocycles. The number of pyridine rings is 1. The van der Waals surface area contributed by atoms with Crippen LogP contribution >= 0.6 is 11.6 Å². The number of fused-ring (bicyclic) bond motifs is 1. The van der Waals surface area contributed by atoms with Gasteiger partial charge in [-0.1, -0.05) is 17.7 Å². The molecule has 26 heavy (non-hydrogen) atoms. The summed E-state index contributed by atoms with van der Waals surface area (Å²) in [6.07, 6.45) is 2.13. The fraction of sp³-hybridized carbons (Fsp3) is 0.150. The molecule has 3 aromatic rings. The molecule has 0 saturated carbocycles. The van der Waals surface area contributed by atoms with Gasteiger partial charge in [0.05, 0.1) is 12.0 Å². The molecule has 0 aliphatic carbocycles. The summed E-state index contributed by atoms with van der Waals surface area (Å²) in [6.45, 7) is 4.01. The molecule has 0 spiro atoms. The predicted octanol–water partition coefficient (Wildman–Crippen LogP) is 4.87. The van der Waals surface area contributed by atoms with E-state index < -0.39 is 0 Å². The van der Waals surface area contributed by atoms with Gasteiger partial charge >= 0.3 is 0 Å². The number of amides is 1. The van der Waals surface area contributed by atoms with Crippen molar-refractivity contribution in [3.8, 4) is 0 Å². The normalized spacial score (nSPS) is 12.7. The van der Waals surface area contributed by atoms with Crippen LogP contribution in [0.2, 0.25) is 5.02 Å². The van der Waals surface area contributed by atoms with E-state index in [1.165, 1.54) is 6.26 Å². The first kappa shape index (κ1) is 16.5. The number of halogens is 1. The highest BCUT2D eigenvalue weighted by molar-refractivity contribution is 6.34. The van der Waals surface area contributed by atoms with Crippen LogP contribution in [-0.2, 0) is 6.42 Å². The van der Waals surface area contributed by atoms with E-state index in [1.54, 1.807) is 24.3 Å². The standard InChI is InChI=1S/C20H16ClN3O2/c1-11-8-13-9-17(24-19(13)22-12(11)2)15-10-14(5-6-16(15)21)23-20(25)18-4-3-7-26-18/h3-8,10H,9H2,1-2H3,(H,23,25). The minimum atomic E-state index is -0.312. The Kier molecular flexibility index (Phi) is 4.09. The van der Waals surface area contributed by atoms with Crippen molar-refractivity contribution in [2.75, 3.05) is 5.32 Å². The number of aromatic nitrogens is 1. The van der Waals surface area contributed by atoms with Crippen LogP contribution < -0.4 is 5.32 Å². The Bertz CT molecular complexity index is 1040. The first-order valence-electron chi connectivity index (χ1n) is 8.21. The lowest BCUT2D eigenvalue weighted by atomic mass is 10.0. The third-order valence-electron chi connectivity index (χ3n) is 4.40. The van der Waals surface area contributed by atoms with Crippen LogP contribution in [0, 0.1) is 13.8 Å². The van der Waals surface area contributed by atoms with Crippen molar-refractivity contribution in [2.24, 2.45) is 4.99 Å². The van der Waals surface area contributed by atoms with Crippen molar-refractivity contribution in [1.29, 1.82) is 0 Å². The molecule has 3 heterocycles. The number of aliphatic imine (C=N–C) groups is 1. The van der Waals surface area contributed by atoms with Crippen molar-refractivity contribution in [3.63, 3.8) is 0 Å². The number of hydrogen-bond donors (Lipinski definition) is 1. The number of nitrogens with one attached hydrogen (secondary N) is 1. The molecular weight excluding hydrogens is 350 g/mol. The Morgan fingerprint density at radius 2 is 2.08 bits per heavy atom. The van der Waals surface area contributed by atoms with E-state index in [0.29, 0.717) is 17.1 Å². The van der Waals surface area contributed by atoms with E-state index in [4.69, 9.17) is 16.0 Å². The number of furan rings is 1. The fourth-order valence-corrected chi connectivity index (χ4v) is 3.13. The molecule has 2 aromatic heterocycles. The number of hydrogen-bond acceptors (Lipinski definition) is 4. The van der Waals surface area contributed by atoms with E-state index in [2.05, 4.69) is 21.4 Å². The van der Waals surface area contributed by atoms with Crippen LogP contribution in [0.15, 0.2) is 52.1 Å². The van der Waals surface area contributed by atoms with Gasteiger partial charge in [0.2, 0.25) is 0 Å². The average molecular weight is 366 g/mol. The summed E-state index contributed by atoms with van der Waals surface area (Å²) in [4.78, 5) is 21.4. The van der Waals surface area contributed by atoms with Crippen LogP contribution in [0.5, 0.6) is 0 Å². The highest BCUT2D eigenvalue weighted by Crippen LogP contribution is 2.32. The molecule has 6 heteroatoms. The smallest absolute Gasteiger partial charge is 0.291 e. The Balaban J connectivity index is 1.63. The third-order valence-corrected chi connectivity index (χ3v) is 4.73. The van der Waals surface area contributed by atoms with Crippen LogP contribution in [0.1, 0.15) is 32.9 Å². The zero-order valence-electron chi connectivity index (χ0n) is 14.3. The molecule has 0 saturated heterocycles. The molecule has 0 fully saturated rings. The van der Waals surface area contributed by atoms with Gasteiger partial charge in [-0.15, -0.1) is 0 Å². The van der Waals surface area contributed by atoms with Crippen molar-refractivity contribution >= 4 is 34.7 Å². The molecule has 130 valence electrons. The van der Waals surface area contributed by atoms with Crippen LogP contribution in [0.3, 0.4) is 0 Å². The summed E-state index contributed by atoms with van der Waals surface area (Å²) < 4.78 is 5.12. The Morgan fingerprint density at radius 3 is 2.85 bits per heavy atom. The summed E-state index contributed by atoms with van der Waals surface area (Å²) >= 11 is 6.39. The number of carbonyl (C=O) groups is 1. The number of carbonyl (C=O) groups excluding carboxylic acids is 1. The zero-order chi connectivity index (χ0) is 18.3. The maximum absolute atomic E-state index is 12.2. The molecule has 0 unspecified atom stereocenters. The number of aryl methyl sites for hydroxylation is 2. The van der Waals surface area contributed by atoms with E-state index in [0.717, 1.165) is 33.9 Å². The lowest BCUT2D eigenvalue weighted by molar-refractivity contribution is 0.0996. The van der Waals surface area contributed by atoms with Gasteiger partial charge in [0.25, 0.3) is 5.91 Å². The maximum Gasteiger partial charge on any atom is 0.291 e. The number of rotatable bonds is 3. The fourth-order valence-electron chi connectivity index (χ4n) is 2.90. The summed E-state index contributed by atoms with van der Waals surface area (Å²) in [6, 6.07) is 10.7. The van der Waals surface area contributed by atoms with Crippen molar-refractivity contribution in [1.82, 2.24) is 4.98 Å². The highest BCUT2D eigenvalue weighted by atomic mass is 35.5. The van der Waals surface area contributed by atoms with Gasteiger partial charge in [0.1, 0.15) is 0 Å². The summed E-state index contributed by atoms with van der Waals surface area (Å²) in [5.41, 5.74) is 5.47. The van der Waals surface area contributed by atoms with Gasteiger partial charge in [0.15, 0.2) is 11.6 Å². The molecule has 1 amide bonds. The number of benzene rings is 1. The SMILES string of the molecule is Cc1cc2c(nc1C)N=C(c1cc(NC(=O)c3ccco3)ccc1Cl)C2. The Labute approximate surface area is 155 Å². The zero-order valence-corrected chi connectivity index (χ0v) is 15.1. The molecular formula is C20H16ClN3O2. The Morgan fingerprint density at radius 1 is 1.23 bits per heavy atom. The highest BCUT2D eigenvalue weighted by Gasteiger charge is 2.21. The van der Waals surface area contributed by atoms with Gasteiger partial charge in [0, 0.05) is 34.0 Å². The molecule has 0 atom stereocenters. The summed E-state index contributed by atoms with van der Waals surface area (Å²) in [7, 11) is 0. The second-order valence-corrected chi connectivity index (χ2v) is 6.64. The summed E-state index contributed by atoms with van der Waals surface area (Å²) in [5, 5.41) is 3.40. The van der Waals surface area contributed by atoms with Gasteiger partial charge < -0.3 is 9.73 Å². The van der Waals surface area contributed by atoms with Gasteiger partial charge in [-0.25, -0.2) is 9.98 Å². The quantitative estimate of drug-likeness (QED) is 0.719. The predicted molar refractivity (Wildman–Crippen MR) is 102 cm³/mol. The molecule has 0 bridgehead atoms. The second kappa shape index (κ2) is 6.42. The first-order valence-corrected chi connectivity index (χ1v) is 8.58.